The molecule has 0 aromatic carbocycles. The zero-order chi connectivity index (χ0) is 13.8. The SMILES string of the molecule is CC1C(=O)NC(C)(C2CC2)C(=O)N1C(C)C1CCC1. The highest BCUT2D eigenvalue weighted by Crippen LogP contribution is 2.43. The van der Waals surface area contributed by atoms with Gasteiger partial charge in [-0.15, -0.1) is 0 Å². The van der Waals surface area contributed by atoms with Crippen LogP contribution >= 0.6 is 0 Å². The van der Waals surface area contributed by atoms with E-state index in [9.17, 15) is 9.59 Å². The molecule has 3 rings (SSSR count). The second-order valence-electron chi connectivity index (χ2n) is 6.79. The Morgan fingerprint density at radius 1 is 1.26 bits per heavy atom. The first-order valence-electron chi connectivity index (χ1n) is 7.60. The monoisotopic (exact) mass is 264 g/mol. The Bertz CT molecular complexity index is 414. The third-order valence-electron chi connectivity index (χ3n) is 5.52. The molecule has 0 aromatic heterocycles. The van der Waals surface area contributed by atoms with E-state index in [-0.39, 0.29) is 23.9 Å². The second-order valence-corrected chi connectivity index (χ2v) is 6.79. The molecule has 3 fully saturated rings. The maximum absolute atomic E-state index is 12.9. The van der Waals surface area contributed by atoms with Gasteiger partial charge in [-0.1, -0.05) is 6.42 Å². The van der Waals surface area contributed by atoms with Crippen LogP contribution in [0, 0.1) is 11.8 Å². The third kappa shape index (κ3) is 1.87. The van der Waals surface area contributed by atoms with Crippen molar-refractivity contribution in [1.29, 1.82) is 0 Å². The van der Waals surface area contributed by atoms with Crippen LogP contribution in [0.3, 0.4) is 0 Å². The lowest BCUT2D eigenvalue weighted by Crippen LogP contribution is -2.71. The van der Waals surface area contributed by atoms with Crippen LogP contribution in [-0.2, 0) is 9.59 Å². The summed E-state index contributed by atoms with van der Waals surface area (Å²) < 4.78 is 0. The van der Waals surface area contributed by atoms with Crippen LogP contribution < -0.4 is 5.32 Å². The molecule has 2 amide bonds. The lowest BCUT2D eigenvalue weighted by atomic mass is 9.78. The minimum Gasteiger partial charge on any atom is -0.340 e. The minimum absolute atomic E-state index is 0.0140. The fraction of sp³-hybridized carbons (Fsp3) is 0.867. The number of hydrogen-bond acceptors (Lipinski definition) is 2. The second kappa shape index (κ2) is 4.22. The molecule has 3 atom stereocenters. The molecule has 1 N–H and O–H groups in total. The Morgan fingerprint density at radius 2 is 1.89 bits per heavy atom. The summed E-state index contributed by atoms with van der Waals surface area (Å²) in [5.41, 5.74) is -0.651. The molecule has 2 aliphatic carbocycles. The van der Waals surface area contributed by atoms with Gasteiger partial charge in [-0.2, -0.15) is 0 Å². The summed E-state index contributed by atoms with van der Waals surface area (Å²) in [6.45, 7) is 5.89. The molecule has 1 heterocycles. The van der Waals surface area contributed by atoms with Crippen molar-refractivity contribution in [3.05, 3.63) is 0 Å². The van der Waals surface area contributed by atoms with Crippen LogP contribution in [0.1, 0.15) is 52.9 Å². The minimum atomic E-state index is -0.651. The number of carbonyl (C=O) groups is 2. The number of piperazine rings is 1. The first kappa shape index (κ1) is 12.9. The van der Waals surface area contributed by atoms with E-state index < -0.39 is 5.54 Å². The molecule has 0 radical (unpaired) electrons. The van der Waals surface area contributed by atoms with E-state index in [0.717, 1.165) is 12.8 Å². The highest BCUT2D eigenvalue weighted by molar-refractivity contribution is 6.00. The summed E-state index contributed by atoms with van der Waals surface area (Å²) in [6, 6.07) is -0.129. The predicted molar refractivity (Wildman–Crippen MR) is 72.4 cm³/mol. The summed E-state index contributed by atoms with van der Waals surface area (Å²) in [5.74, 6) is 1.08. The Kier molecular flexibility index (Phi) is 2.88. The van der Waals surface area contributed by atoms with E-state index in [1.54, 1.807) is 0 Å². The van der Waals surface area contributed by atoms with Gasteiger partial charge in [-0.3, -0.25) is 9.59 Å². The number of nitrogens with zero attached hydrogens (tertiary/aromatic N) is 1. The van der Waals surface area contributed by atoms with E-state index in [4.69, 9.17) is 0 Å². The van der Waals surface area contributed by atoms with Gasteiger partial charge in [0.25, 0.3) is 0 Å². The average molecular weight is 264 g/mol. The Balaban J connectivity index is 1.86. The molecule has 3 unspecified atom stereocenters. The fourth-order valence-corrected chi connectivity index (χ4v) is 3.61. The highest BCUT2D eigenvalue weighted by atomic mass is 16.2. The molecule has 4 heteroatoms. The molecule has 19 heavy (non-hydrogen) atoms. The fourth-order valence-electron chi connectivity index (χ4n) is 3.61. The van der Waals surface area contributed by atoms with Crippen LogP contribution in [0.2, 0.25) is 0 Å². The summed E-state index contributed by atoms with van der Waals surface area (Å²) in [7, 11) is 0. The molecular weight excluding hydrogens is 240 g/mol. The van der Waals surface area contributed by atoms with E-state index in [1.165, 1.54) is 19.3 Å². The lowest BCUT2D eigenvalue weighted by molar-refractivity contribution is -0.159. The number of amides is 2. The third-order valence-corrected chi connectivity index (χ3v) is 5.52. The molecule has 1 saturated heterocycles. The van der Waals surface area contributed by atoms with Gasteiger partial charge in [0.05, 0.1) is 0 Å². The van der Waals surface area contributed by atoms with Crippen molar-refractivity contribution in [2.45, 2.75) is 70.5 Å². The smallest absolute Gasteiger partial charge is 0.249 e. The number of carbonyl (C=O) groups excluding carboxylic acids is 2. The number of hydrogen-bond donors (Lipinski definition) is 1. The molecule has 0 aromatic rings. The van der Waals surface area contributed by atoms with E-state index in [0.29, 0.717) is 11.8 Å². The van der Waals surface area contributed by atoms with Gasteiger partial charge in [0.2, 0.25) is 11.8 Å². The summed E-state index contributed by atoms with van der Waals surface area (Å²) in [6.07, 6.45) is 5.77. The van der Waals surface area contributed by atoms with Crippen LogP contribution in [0.15, 0.2) is 0 Å². The summed E-state index contributed by atoms with van der Waals surface area (Å²) in [5, 5.41) is 2.98. The van der Waals surface area contributed by atoms with Gasteiger partial charge in [-0.25, -0.2) is 0 Å². The van der Waals surface area contributed by atoms with Crippen molar-refractivity contribution in [3.8, 4) is 0 Å². The van der Waals surface area contributed by atoms with Gasteiger partial charge < -0.3 is 10.2 Å². The molecule has 0 spiro atoms. The summed E-state index contributed by atoms with van der Waals surface area (Å²) in [4.78, 5) is 27.0. The molecule has 1 aliphatic heterocycles. The Labute approximate surface area is 114 Å². The van der Waals surface area contributed by atoms with Gasteiger partial charge in [0, 0.05) is 6.04 Å². The molecule has 2 saturated carbocycles. The van der Waals surface area contributed by atoms with Crippen molar-refractivity contribution in [2.24, 2.45) is 11.8 Å². The normalized spacial score (nSPS) is 37.8. The molecule has 3 aliphatic rings. The molecule has 4 nitrogen and oxygen atoms in total. The van der Waals surface area contributed by atoms with E-state index >= 15 is 0 Å². The quantitative estimate of drug-likeness (QED) is 0.843. The largest absolute Gasteiger partial charge is 0.340 e. The van der Waals surface area contributed by atoms with Gasteiger partial charge in [0.15, 0.2) is 0 Å². The van der Waals surface area contributed by atoms with Crippen molar-refractivity contribution in [3.63, 3.8) is 0 Å². The van der Waals surface area contributed by atoms with Crippen LogP contribution in [0.5, 0.6) is 0 Å². The van der Waals surface area contributed by atoms with Crippen LogP contribution in [-0.4, -0.2) is 34.3 Å². The first-order valence-corrected chi connectivity index (χ1v) is 7.60. The van der Waals surface area contributed by atoms with Gasteiger partial charge in [0.1, 0.15) is 11.6 Å². The van der Waals surface area contributed by atoms with Crippen LogP contribution in [0.25, 0.3) is 0 Å². The zero-order valence-corrected chi connectivity index (χ0v) is 12.1. The standard InChI is InChI=1S/C15H24N2O2/c1-9(11-5-4-6-11)17-10(2)13(18)16-15(3,14(17)19)12-7-8-12/h9-12H,4-8H2,1-3H3,(H,16,18). The Morgan fingerprint density at radius 3 is 2.37 bits per heavy atom. The molecule has 106 valence electrons. The van der Waals surface area contributed by atoms with Crippen molar-refractivity contribution >= 4 is 11.8 Å². The number of rotatable bonds is 3. The van der Waals surface area contributed by atoms with Crippen molar-refractivity contribution in [1.82, 2.24) is 10.2 Å². The molecular formula is C15H24N2O2. The molecule has 0 bridgehead atoms. The Hall–Kier alpha value is -1.06. The lowest BCUT2D eigenvalue weighted by Gasteiger charge is -2.49. The topological polar surface area (TPSA) is 49.4 Å². The maximum Gasteiger partial charge on any atom is 0.249 e. The predicted octanol–water partition coefficient (Wildman–Crippen LogP) is 1.69. The highest BCUT2D eigenvalue weighted by Gasteiger charge is 2.55. The summed E-state index contributed by atoms with van der Waals surface area (Å²) >= 11 is 0. The average Bonchev–Trinajstić information content (AvgIpc) is 3.08. The van der Waals surface area contributed by atoms with Crippen LogP contribution in [0.4, 0.5) is 0 Å². The maximum atomic E-state index is 12.9. The van der Waals surface area contributed by atoms with E-state index in [2.05, 4.69) is 12.2 Å². The van der Waals surface area contributed by atoms with Gasteiger partial charge >= 0.3 is 0 Å². The first-order chi connectivity index (χ1) is 8.95. The van der Waals surface area contributed by atoms with E-state index in [1.807, 2.05) is 18.7 Å². The number of nitrogens with one attached hydrogen (secondary N) is 1. The van der Waals surface area contributed by atoms with Gasteiger partial charge in [-0.05, 0) is 58.3 Å². The van der Waals surface area contributed by atoms with Crippen molar-refractivity contribution < 1.29 is 9.59 Å². The zero-order valence-electron chi connectivity index (χ0n) is 12.1. The van der Waals surface area contributed by atoms with Crippen molar-refractivity contribution in [2.75, 3.05) is 0 Å².